The third-order valence-corrected chi connectivity index (χ3v) is 4.24. The van der Waals surface area contributed by atoms with Gasteiger partial charge in [-0.3, -0.25) is 9.69 Å². The summed E-state index contributed by atoms with van der Waals surface area (Å²) in [7, 11) is 0. The Morgan fingerprint density at radius 1 is 1.38 bits per heavy atom. The van der Waals surface area contributed by atoms with Gasteiger partial charge in [-0.25, -0.2) is 8.78 Å². The zero-order valence-corrected chi connectivity index (χ0v) is 11.7. The Kier molecular flexibility index (Phi) is 4.17. The minimum Gasteiger partial charge on any atom is -0.322 e. The molecule has 2 aliphatic rings. The summed E-state index contributed by atoms with van der Waals surface area (Å²) in [5.41, 5.74) is -0.102. The highest BCUT2D eigenvalue weighted by Gasteiger charge is 2.34. The lowest BCUT2D eigenvalue weighted by atomic mass is 9.94. The Morgan fingerprint density at radius 3 is 3.05 bits per heavy atom. The number of hydrogen-bond donors (Lipinski definition) is 2. The maximum absolute atomic E-state index is 13.5. The van der Waals surface area contributed by atoms with Crippen molar-refractivity contribution < 1.29 is 13.6 Å². The third kappa shape index (κ3) is 3.39. The third-order valence-electron chi connectivity index (χ3n) is 4.24. The van der Waals surface area contributed by atoms with Crippen LogP contribution in [0.2, 0.25) is 0 Å². The maximum Gasteiger partial charge on any atom is 0.238 e. The van der Waals surface area contributed by atoms with E-state index in [1.807, 2.05) is 0 Å². The van der Waals surface area contributed by atoms with Crippen LogP contribution >= 0.6 is 0 Å². The van der Waals surface area contributed by atoms with Crippen LogP contribution in [0.5, 0.6) is 0 Å². The first kappa shape index (κ1) is 14.4. The van der Waals surface area contributed by atoms with E-state index in [0.717, 1.165) is 37.8 Å². The van der Waals surface area contributed by atoms with Gasteiger partial charge in [0.1, 0.15) is 11.6 Å². The molecule has 0 aliphatic carbocycles. The molecule has 2 aliphatic heterocycles. The largest absolute Gasteiger partial charge is 0.322 e. The van der Waals surface area contributed by atoms with Crippen LogP contribution in [0.4, 0.5) is 14.5 Å². The van der Waals surface area contributed by atoms with E-state index in [4.69, 9.17) is 0 Å². The first-order valence-electron chi connectivity index (χ1n) is 7.32. The standard InChI is InChI=1S/C15H19F2N3O/c16-11-3-4-12(17)13(6-11)19-15(21)9-20-7-10-2-1-5-18-14(10)8-20/h3-4,6,10,14,18H,1-2,5,7-9H2,(H,19,21). The number of anilines is 1. The molecule has 0 radical (unpaired) electrons. The molecule has 2 saturated heterocycles. The Bertz CT molecular complexity index is 524. The lowest BCUT2D eigenvalue weighted by molar-refractivity contribution is -0.117. The molecular weight excluding hydrogens is 276 g/mol. The Morgan fingerprint density at radius 2 is 2.24 bits per heavy atom. The monoisotopic (exact) mass is 295 g/mol. The van der Waals surface area contributed by atoms with Crippen LogP contribution in [0, 0.1) is 17.6 Å². The lowest BCUT2D eigenvalue weighted by Gasteiger charge is -2.24. The number of rotatable bonds is 3. The Balaban J connectivity index is 1.56. The average Bonchev–Trinajstić information content (AvgIpc) is 2.84. The average molecular weight is 295 g/mol. The number of carbonyl (C=O) groups excluding carboxylic acids is 1. The van der Waals surface area contributed by atoms with E-state index >= 15 is 0 Å². The van der Waals surface area contributed by atoms with Gasteiger partial charge < -0.3 is 10.6 Å². The minimum absolute atomic E-state index is 0.102. The van der Waals surface area contributed by atoms with Gasteiger partial charge in [0.15, 0.2) is 0 Å². The molecule has 0 saturated carbocycles. The molecule has 2 fully saturated rings. The number of piperidine rings is 1. The predicted octanol–water partition coefficient (Wildman–Crippen LogP) is 1.59. The van der Waals surface area contributed by atoms with Crippen LogP contribution in [-0.2, 0) is 4.79 Å². The number of nitrogens with zero attached hydrogens (tertiary/aromatic N) is 1. The van der Waals surface area contributed by atoms with Crippen LogP contribution in [0.15, 0.2) is 18.2 Å². The lowest BCUT2D eigenvalue weighted by Crippen LogP contribution is -2.41. The fourth-order valence-electron chi connectivity index (χ4n) is 3.25. The van der Waals surface area contributed by atoms with Crippen molar-refractivity contribution in [1.29, 1.82) is 0 Å². The van der Waals surface area contributed by atoms with E-state index < -0.39 is 11.6 Å². The first-order chi connectivity index (χ1) is 10.1. The topological polar surface area (TPSA) is 44.4 Å². The second kappa shape index (κ2) is 6.07. The number of hydrogen-bond acceptors (Lipinski definition) is 3. The van der Waals surface area contributed by atoms with Gasteiger partial charge >= 0.3 is 0 Å². The predicted molar refractivity (Wildman–Crippen MR) is 75.9 cm³/mol. The van der Waals surface area contributed by atoms with Gasteiger partial charge in [-0.05, 0) is 37.4 Å². The number of carbonyl (C=O) groups is 1. The van der Waals surface area contributed by atoms with Crippen molar-refractivity contribution in [1.82, 2.24) is 10.2 Å². The molecule has 1 aromatic carbocycles. The minimum atomic E-state index is -0.624. The van der Waals surface area contributed by atoms with Gasteiger partial charge in [0.2, 0.25) is 5.91 Å². The molecule has 6 heteroatoms. The first-order valence-corrected chi connectivity index (χ1v) is 7.32. The second-order valence-electron chi connectivity index (χ2n) is 5.83. The maximum atomic E-state index is 13.5. The summed E-state index contributed by atoms with van der Waals surface area (Å²) in [6.45, 7) is 2.97. The molecule has 2 heterocycles. The molecule has 114 valence electrons. The fraction of sp³-hybridized carbons (Fsp3) is 0.533. The van der Waals surface area contributed by atoms with Crippen molar-refractivity contribution in [3.8, 4) is 0 Å². The van der Waals surface area contributed by atoms with E-state index in [-0.39, 0.29) is 18.1 Å². The molecule has 1 aromatic rings. The SMILES string of the molecule is O=C(CN1CC2CCCNC2C1)Nc1cc(F)ccc1F. The molecule has 3 rings (SSSR count). The van der Waals surface area contributed by atoms with Crippen molar-refractivity contribution in [2.45, 2.75) is 18.9 Å². The number of amides is 1. The van der Waals surface area contributed by atoms with Gasteiger partial charge in [-0.1, -0.05) is 0 Å². The fourth-order valence-corrected chi connectivity index (χ4v) is 3.25. The van der Waals surface area contributed by atoms with Crippen LogP contribution in [0.3, 0.4) is 0 Å². The molecular formula is C15H19F2N3O. The van der Waals surface area contributed by atoms with Crippen molar-refractivity contribution in [2.75, 3.05) is 31.5 Å². The van der Waals surface area contributed by atoms with Gasteiger partial charge in [0, 0.05) is 25.2 Å². The van der Waals surface area contributed by atoms with Crippen LogP contribution in [0.1, 0.15) is 12.8 Å². The summed E-state index contributed by atoms with van der Waals surface area (Å²) in [6.07, 6.45) is 2.37. The van der Waals surface area contributed by atoms with Crippen molar-refractivity contribution in [3.05, 3.63) is 29.8 Å². The quantitative estimate of drug-likeness (QED) is 0.890. The smallest absolute Gasteiger partial charge is 0.238 e. The van der Waals surface area contributed by atoms with Crippen LogP contribution in [-0.4, -0.2) is 43.0 Å². The molecule has 4 nitrogen and oxygen atoms in total. The van der Waals surface area contributed by atoms with Gasteiger partial charge in [0.05, 0.1) is 12.2 Å². The van der Waals surface area contributed by atoms with Gasteiger partial charge in [-0.2, -0.15) is 0 Å². The summed E-state index contributed by atoms with van der Waals surface area (Å²) in [4.78, 5) is 14.0. The van der Waals surface area contributed by atoms with Crippen LogP contribution < -0.4 is 10.6 Å². The Labute approximate surface area is 122 Å². The number of nitrogens with one attached hydrogen (secondary N) is 2. The van der Waals surface area contributed by atoms with Gasteiger partial charge in [-0.15, -0.1) is 0 Å². The van der Waals surface area contributed by atoms with Crippen molar-refractivity contribution >= 4 is 11.6 Å². The molecule has 0 spiro atoms. The summed E-state index contributed by atoms with van der Waals surface area (Å²) in [6, 6.07) is 3.50. The summed E-state index contributed by atoms with van der Waals surface area (Å²) < 4.78 is 26.5. The summed E-state index contributed by atoms with van der Waals surface area (Å²) in [5.74, 6) is -0.903. The van der Waals surface area contributed by atoms with E-state index in [9.17, 15) is 13.6 Å². The van der Waals surface area contributed by atoms with Crippen molar-refractivity contribution in [3.63, 3.8) is 0 Å². The molecule has 2 unspecified atom stereocenters. The van der Waals surface area contributed by atoms with Gasteiger partial charge in [0.25, 0.3) is 0 Å². The van der Waals surface area contributed by atoms with E-state index in [1.54, 1.807) is 0 Å². The second-order valence-corrected chi connectivity index (χ2v) is 5.83. The number of fused-ring (bicyclic) bond motifs is 1. The summed E-state index contributed by atoms with van der Waals surface area (Å²) >= 11 is 0. The van der Waals surface area contributed by atoms with E-state index in [2.05, 4.69) is 15.5 Å². The van der Waals surface area contributed by atoms with Crippen LogP contribution in [0.25, 0.3) is 0 Å². The normalized spacial score (nSPS) is 25.6. The summed E-state index contributed by atoms with van der Waals surface area (Å²) in [5, 5.41) is 5.91. The number of benzene rings is 1. The molecule has 0 bridgehead atoms. The highest BCUT2D eigenvalue weighted by atomic mass is 19.1. The molecule has 0 aromatic heterocycles. The highest BCUT2D eigenvalue weighted by Crippen LogP contribution is 2.24. The zero-order chi connectivity index (χ0) is 14.8. The molecule has 2 N–H and O–H groups in total. The van der Waals surface area contributed by atoms with E-state index in [0.29, 0.717) is 12.0 Å². The molecule has 1 amide bonds. The Hall–Kier alpha value is -1.53. The molecule has 21 heavy (non-hydrogen) atoms. The highest BCUT2D eigenvalue weighted by molar-refractivity contribution is 5.92. The van der Waals surface area contributed by atoms with E-state index in [1.165, 1.54) is 12.8 Å². The number of likely N-dealkylation sites (tertiary alicyclic amines) is 1. The molecule has 2 atom stereocenters. The zero-order valence-electron chi connectivity index (χ0n) is 11.7. The number of halogens is 2. The van der Waals surface area contributed by atoms with Crippen molar-refractivity contribution in [2.24, 2.45) is 5.92 Å².